The number of hydrogen-bond acceptors (Lipinski definition) is 2. The van der Waals surface area contributed by atoms with Crippen LogP contribution in [-0.4, -0.2) is 22.6 Å². The van der Waals surface area contributed by atoms with Crippen LogP contribution >= 0.6 is 11.6 Å². The third kappa shape index (κ3) is 1.70. The molecule has 1 aliphatic rings. The molecule has 3 rings (SSSR count). The first-order valence-electron chi connectivity index (χ1n) is 5.67. The van der Waals surface area contributed by atoms with Gasteiger partial charge >= 0.3 is 0 Å². The quantitative estimate of drug-likeness (QED) is 0.824. The summed E-state index contributed by atoms with van der Waals surface area (Å²) in [4.78, 5) is 4.43. The molecule has 4 heteroatoms. The van der Waals surface area contributed by atoms with E-state index in [1.54, 1.807) is 6.20 Å². The molecule has 3 heterocycles. The second kappa shape index (κ2) is 4.07. The predicted octanol–water partition coefficient (Wildman–Crippen LogP) is 2.61. The van der Waals surface area contributed by atoms with Crippen molar-refractivity contribution in [3.05, 3.63) is 29.5 Å². The number of piperidine rings is 1. The Morgan fingerprint density at radius 3 is 3.00 bits per heavy atom. The van der Waals surface area contributed by atoms with E-state index in [1.165, 1.54) is 12.8 Å². The van der Waals surface area contributed by atoms with E-state index in [2.05, 4.69) is 27.1 Å². The van der Waals surface area contributed by atoms with Crippen LogP contribution in [0.1, 0.15) is 18.9 Å². The van der Waals surface area contributed by atoms with Gasteiger partial charge in [-0.05, 0) is 38.1 Å². The molecule has 84 valence electrons. The minimum absolute atomic E-state index is 0.576. The van der Waals surface area contributed by atoms with Crippen molar-refractivity contribution >= 4 is 22.6 Å². The zero-order valence-electron chi connectivity index (χ0n) is 8.99. The maximum Gasteiger partial charge on any atom is 0.140 e. The molecule has 2 aromatic heterocycles. The lowest BCUT2D eigenvalue weighted by Crippen LogP contribution is -2.29. The fraction of sp³-hybridized carbons (Fsp3) is 0.417. The number of fused-ring (bicyclic) bond motifs is 1. The third-order valence-corrected chi connectivity index (χ3v) is 3.43. The number of halogens is 1. The topological polar surface area (TPSA) is 29.9 Å². The fourth-order valence-corrected chi connectivity index (χ4v) is 2.56. The maximum absolute atomic E-state index is 5.93. The molecule has 0 saturated carbocycles. The summed E-state index contributed by atoms with van der Waals surface area (Å²) in [5.41, 5.74) is 1.05. The van der Waals surface area contributed by atoms with Gasteiger partial charge in [0.15, 0.2) is 0 Å². The Bertz CT molecular complexity index is 500. The van der Waals surface area contributed by atoms with Crippen LogP contribution in [0.4, 0.5) is 0 Å². The van der Waals surface area contributed by atoms with E-state index >= 15 is 0 Å². The molecule has 16 heavy (non-hydrogen) atoms. The van der Waals surface area contributed by atoms with E-state index in [1.807, 2.05) is 6.07 Å². The number of nitrogens with zero attached hydrogens (tertiary/aromatic N) is 2. The Kier molecular flexibility index (Phi) is 2.58. The summed E-state index contributed by atoms with van der Waals surface area (Å²) in [6, 6.07) is 4.64. The van der Waals surface area contributed by atoms with Crippen molar-refractivity contribution in [3.63, 3.8) is 0 Å². The zero-order chi connectivity index (χ0) is 11.0. The van der Waals surface area contributed by atoms with Gasteiger partial charge in [0.25, 0.3) is 0 Å². The van der Waals surface area contributed by atoms with Gasteiger partial charge in [0.05, 0.1) is 5.02 Å². The average molecular weight is 236 g/mol. The molecule has 0 amide bonds. The van der Waals surface area contributed by atoms with Gasteiger partial charge < -0.3 is 9.88 Å². The highest BCUT2D eigenvalue weighted by molar-refractivity contribution is 6.31. The molecule has 0 spiro atoms. The Labute approximate surface area is 99.4 Å². The lowest BCUT2D eigenvalue weighted by molar-refractivity contribution is 0.375. The molecule has 1 saturated heterocycles. The fourth-order valence-electron chi connectivity index (χ4n) is 2.40. The minimum atomic E-state index is 0.576. The van der Waals surface area contributed by atoms with E-state index in [-0.39, 0.29) is 0 Å². The smallest absolute Gasteiger partial charge is 0.140 e. The molecule has 0 aromatic carbocycles. The second-order valence-corrected chi connectivity index (χ2v) is 4.71. The van der Waals surface area contributed by atoms with Gasteiger partial charge in [-0.2, -0.15) is 0 Å². The molecule has 0 bridgehead atoms. The summed E-state index contributed by atoms with van der Waals surface area (Å²) < 4.78 is 2.28. The molecule has 3 nitrogen and oxygen atoms in total. The van der Waals surface area contributed by atoms with Crippen LogP contribution in [0.15, 0.2) is 24.5 Å². The average Bonchev–Trinajstić information content (AvgIpc) is 2.73. The lowest BCUT2D eigenvalue weighted by Gasteiger charge is -2.24. The van der Waals surface area contributed by atoms with Gasteiger partial charge in [0, 0.05) is 23.8 Å². The third-order valence-electron chi connectivity index (χ3n) is 3.22. The van der Waals surface area contributed by atoms with Gasteiger partial charge in [-0.3, -0.25) is 0 Å². The van der Waals surface area contributed by atoms with Crippen LogP contribution in [-0.2, 0) is 0 Å². The Hall–Kier alpha value is -1.06. The van der Waals surface area contributed by atoms with Crippen molar-refractivity contribution in [2.75, 3.05) is 13.1 Å². The molecule has 0 aliphatic carbocycles. The Balaban J connectivity index is 2.03. The predicted molar refractivity (Wildman–Crippen MR) is 65.9 cm³/mol. The van der Waals surface area contributed by atoms with Gasteiger partial charge in [-0.1, -0.05) is 11.6 Å². The van der Waals surface area contributed by atoms with Crippen LogP contribution in [0, 0.1) is 0 Å². The molecule has 1 aliphatic heterocycles. The van der Waals surface area contributed by atoms with Gasteiger partial charge in [0.1, 0.15) is 5.65 Å². The van der Waals surface area contributed by atoms with E-state index in [9.17, 15) is 0 Å². The largest absolute Gasteiger partial charge is 0.329 e. The normalized spacial score (nSPS) is 18.1. The number of hydrogen-bond donors (Lipinski definition) is 1. The van der Waals surface area contributed by atoms with Gasteiger partial charge in [-0.25, -0.2) is 4.98 Å². The maximum atomic E-state index is 5.93. The SMILES string of the molecule is Clc1cnc2c(ccn2C2CCNCC2)c1. The highest BCUT2D eigenvalue weighted by atomic mass is 35.5. The molecule has 1 fully saturated rings. The summed E-state index contributed by atoms with van der Waals surface area (Å²) in [6.07, 6.45) is 6.20. The summed E-state index contributed by atoms with van der Waals surface area (Å²) in [5.74, 6) is 0. The number of nitrogens with one attached hydrogen (secondary N) is 1. The molecule has 0 radical (unpaired) electrons. The highest BCUT2D eigenvalue weighted by Gasteiger charge is 2.16. The molecule has 0 atom stereocenters. The molecule has 1 N–H and O–H groups in total. The first-order valence-corrected chi connectivity index (χ1v) is 6.05. The van der Waals surface area contributed by atoms with E-state index in [0.29, 0.717) is 11.1 Å². The summed E-state index contributed by atoms with van der Waals surface area (Å²) in [6.45, 7) is 2.19. The summed E-state index contributed by atoms with van der Waals surface area (Å²) in [7, 11) is 0. The van der Waals surface area contributed by atoms with Crippen LogP contribution < -0.4 is 5.32 Å². The van der Waals surface area contributed by atoms with Crippen molar-refractivity contribution in [2.45, 2.75) is 18.9 Å². The number of rotatable bonds is 1. The molecule has 0 unspecified atom stereocenters. The second-order valence-electron chi connectivity index (χ2n) is 4.27. The summed E-state index contributed by atoms with van der Waals surface area (Å²) in [5, 5.41) is 5.21. The highest BCUT2D eigenvalue weighted by Crippen LogP contribution is 2.25. The standard InChI is InChI=1S/C12H14ClN3/c13-10-7-9-3-6-16(12(9)15-8-10)11-1-4-14-5-2-11/h3,6-8,11,14H,1-2,4-5H2. The number of aromatic nitrogens is 2. The van der Waals surface area contributed by atoms with Crippen molar-refractivity contribution in [1.29, 1.82) is 0 Å². The Morgan fingerprint density at radius 2 is 2.19 bits per heavy atom. The van der Waals surface area contributed by atoms with Crippen LogP contribution in [0.25, 0.3) is 11.0 Å². The van der Waals surface area contributed by atoms with Crippen molar-refractivity contribution in [3.8, 4) is 0 Å². The van der Waals surface area contributed by atoms with E-state index in [0.717, 1.165) is 24.1 Å². The van der Waals surface area contributed by atoms with E-state index < -0.39 is 0 Å². The molecular weight excluding hydrogens is 222 g/mol. The van der Waals surface area contributed by atoms with Crippen molar-refractivity contribution in [2.24, 2.45) is 0 Å². The van der Waals surface area contributed by atoms with E-state index in [4.69, 9.17) is 11.6 Å². The lowest BCUT2D eigenvalue weighted by atomic mass is 10.1. The molecular formula is C12H14ClN3. The van der Waals surface area contributed by atoms with Crippen LogP contribution in [0.5, 0.6) is 0 Å². The number of pyridine rings is 1. The van der Waals surface area contributed by atoms with Gasteiger partial charge in [0.2, 0.25) is 0 Å². The van der Waals surface area contributed by atoms with Gasteiger partial charge in [-0.15, -0.1) is 0 Å². The minimum Gasteiger partial charge on any atom is -0.329 e. The van der Waals surface area contributed by atoms with Crippen molar-refractivity contribution in [1.82, 2.24) is 14.9 Å². The van der Waals surface area contributed by atoms with Crippen molar-refractivity contribution < 1.29 is 0 Å². The van der Waals surface area contributed by atoms with Crippen LogP contribution in [0.2, 0.25) is 5.02 Å². The van der Waals surface area contributed by atoms with Crippen LogP contribution in [0.3, 0.4) is 0 Å². The first kappa shape index (κ1) is 10.1. The zero-order valence-corrected chi connectivity index (χ0v) is 9.74. The molecule has 2 aromatic rings. The summed E-state index contributed by atoms with van der Waals surface area (Å²) >= 11 is 5.93. The Morgan fingerprint density at radius 1 is 1.38 bits per heavy atom. The first-order chi connectivity index (χ1) is 7.84. The monoisotopic (exact) mass is 235 g/mol.